The fraction of sp³-hybridized carbons (Fsp3) is 0.211. The summed E-state index contributed by atoms with van der Waals surface area (Å²) in [6.07, 6.45) is 3.06. The van der Waals surface area contributed by atoms with Crippen LogP contribution in [-0.2, 0) is 4.79 Å². The van der Waals surface area contributed by atoms with Gasteiger partial charge in [-0.2, -0.15) is 0 Å². The third kappa shape index (κ3) is 4.52. The first-order valence-electron chi connectivity index (χ1n) is 7.67. The minimum absolute atomic E-state index is 0.0277. The van der Waals surface area contributed by atoms with E-state index >= 15 is 0 Å². The van der Waals surface area contributed by atoms with Gasteiger partial charge in [-0.15, -0.1) is 0 Å². The number of hydrogen-bond donors (Lipinski definition) is 1. The molecule has 1 N–H and O–H groups in total. The largest absolute Gasteiger partial charge is 0.346 e. The molecular weight excluding hydrogens is 304 g/mol. The standard InChI is InChI=1S/C19H20N2O3/c1-13-4-8-17(12-14(13)2)15(3)20-19(22)11-7-16-5-9-18(10-6-16)21(23)24/h4-12,15H,1-3H3,(H,20,22)/b11-7+/t15-/m0/s1. The Morgan fingerprint density at radius 3 is 2.38 bits per heavy atom. The number of non-ortho nitro benzene ring substituents is 1. The van der Waals surface area contributed by atoms with Crippen molar-refractivity contribution in [1.29, 1.82) is 0 Å². The number of carbonyl (C=O) groups is 1. The molecule has 0 aliphatic heterocycles. The van der Waals surface area contributed by atoms with Crippen molar-refractivity contribution in [2.24, 2.45) is 0 Å². The highest BCUT2D eigenvalue weighted by Crippen LogP contribution is 2.17. The molecule has 0 saturated heterocycles. The minimum atomic E-state index is -0.453. The number of hydrogen-bond acceptors (Lipinski definition) is 3. The molecule has 1 atom stereocenters. The average molecular weight is 324 g/mol. The number of amides is 1. The molecule has 0 spiro atoms. The minimum Gasteiger partial charge on any atom is -0.346 e. The smallest absolute Gasteiger partial charge is 0.269 e. The van der Waals surface area contributed by atoms with E-state index in [2.05, 4.69) is 18.3 Å². The lowest BCUT2D eigenvalue weighted by Crippen LogP contribution is -2.24. The van der Waals surface area contributed by atoms with Gasteiger partial charge in [0.05, 0.1) is 11.0 Å². The van der Waals surface area contributed by atoms with Crippen LogP contribution in [-0.4, -0.2) is 10.8 Å². The van der Waals surface area contributed by atoms with Crippen LogP contribution in [0.25, 0.3) is 6.08 Å². The lowest BCUT2D eigenvalue weighted by atomic mass is 10.0. The third-order valence-corrected chi connectivity index (χ3v) is 3.92. The highest BCUT2D eigenvalue weighted by Gasteiger charge is 2.08. The molecule has 0 unspecified atom stereocenters. The Labute approximate surface area is 141 Å². The molecule has 0 heterocycles. The van der Waals surface area contributed by atoms with E-state index in [1.165, 1.54) is 29.3 Å². The van der Waals surface area contributed by atoms with Gasteiger partial charge in [-0.05, 0) is 61.2 Å². The Balaban J connectivity index is 1.98. The van der Waals surface area contributed by atoms with Crippen LogP contribution >= 0.6 is 0 Å². The van der Waals surface area contributed by atoms with Gasteiger partial charge in [0.25, 0.3) is 5.69 Å². The Morgan fingerprint density at radius 2 is 1.79 bits per heavy atom. The van der Waals surface area contributed by atoms with Crippen molar-refractivity contribution in [1.82, 2.24) is 5.32 Å². The third-order valence-electron chi connectivity index (χ3n) is 3.92. The van der Waals surface area contributed by atoms with Crippen molar-refractivity contribution in [2.75, 3.05) is 0 Å². The fourth-order valence-corrected chi connectivity index (χ4v) is 2.26. The van der Waals surface area contributed by atoms with Gasteiger partial charge in [0.1, 0.15) is 0 Å². The van der Waals surface area contributed by atoms with E-state index in [1.54, 1.807) is 18.2 Å². The molecule has 0 fully saturated rings. The molecule has 124 valence electrons. The summed E-state index contributed by atoms with van der Waals surface area (Å²) in [7, 11) is 0. The molecule has 0 aromatic heterocycles. The summed E-state index contributed by atoms with van der Waals surface area (Å²) in [4.78, 5) is 22.2. The SMILES string of the molecule is Cc1ccc([C@H](C)NC(=O)/C=C/c2ccc([N+](=O)[O-])cc2)cc1C. The van der Waals surface area contributed by atoms with Crippen molar-refractivity contribution in [3.63, 3.8) is 0 Å². The normalized spacial score (nSPS) is 12.1. The summed E-state index contributed by atoms with van der Waals surface area (Å²) in [5, 5.41) is 13.5. The van der Waals surface area contributed by atoms with Crippen molar-refractivity contribution in [3.05, 3.63) is 80.9 Å². The zero-order valence-corrected chi connectivity index (χ0v) is 13.9. The van der Waals surface area contributed by atoms with E-state index in [0.29, 0.717) is 0 Å². The van der Waals surface area contributed by atoms with Gasteiger partial charge in [-0.1, -0.05) is 18.2 Å². The number of nitro benzene ring substituents is 1. The van der Waals surface area contributed by atoms with E-state index in [0.717, 1.165) is 11.1 Å². The summed E-state index contributed by atoms with van der Waals surface area (Å²) in [6, 6.07) is 12.1. The molecular formula is C19H20N2O3. The van der Waals surface area contributed by atoms with Crippen LogP contribution in [0.2, 0.25) is 0 Å². The van der Waals surface area contributed by atoms with Crippen LogP contribution in [0.3, 0.4) is 0 Å². The Bertz CT molecular complexity index is 780. The number of nitrogens with zero attached hydrogens (tertiary/aromatic N) is 1. The quantitative estimate of drug-likeness (QED) is 0.511. The van der Waals surface area contributed by atoms with Crippen molar-refractivity contribution in [3.8, 4) is 0 Å². The number of nitro groups is 1. The number of carbonyl (C=O) groups excluding carboxylic acids is 1. The maximum absolute atomic E-state index is 12.0. The Kier molecular flexibility index (Phi) is 5.47. The summed E-state index contributed by atoms with van der Waals surface area (Å²) in [6.45, 7) is 6.03. The summed E-state index contributed by atoms with van der Waals surface area (Å²) < 4.78 is 0. The Morgan fingerprint density at radius 1 is 1.12 bits per heavy atom. The molecule has 0 saturated carbocycles. The fourth-order valence-electron chi connectivity index (χ4n) is 2.26. The molecule has 1 amide bonds. The second-order valence-corrected chi connectivity index (χ2v) is 5.76. The van der Waals surface area contributed by atoms with Crippen LogP contribution < -0.4 is 5.32 Å². The second-order valence-electron chi connectivity index (χ2n) is 5.76. The van der Waals surface area contributed by atoms with Crippen LogP contribution in [0.15, 0.2) is 48.5 Å². The molecule has 2 aromatic rings. The van der Waals surface area contributed by atoms with Crippen molar-refractivity contribution in [2.45, 2.75) is 26.8 Å². The number of rotatable bonds is 5. The van der Waals surface area contributed by atoms with Crippen molar-refractivity contribution < 1.29 is 9.72 Å². The van der Waals surface area contributed by atoms with E-state index in [9.17, 15) is 14.9 Å². The molecule has 2 aromatic carbocycles. The Hall–Kier alpha value is -2.95. The number of benzene rings is 2. The monoisotopic (exact) mass is 324 g/mol. The van der Waals surface area contributed by atoms with Gasteiger partial charge in [-0.3, -0.25) is 14.9 Å². The maximum atomic E-state index is 12.0. The average Bonchev–Trinajstić information content (AvgIpc) is 2.55. The topological polar surface area (TPSA) is 72.2 Å². The van der Waals surface area contributed by atoms with E-state index < -0.39 is 4.92 Å². The predicted octanol–water partition coefficient (Wildman–Crippen LogP) is 4.10. The van der Waals surface area contributed by atoms with Gasteiger partial charge in [0, 0.05) is 18.2 Å². The highest BCUT2D eigenvalue weighted by atomic mass is 16.6. The molecule has 5 heteroatoms. The molecule has 5 nitrogen and oxygen atoms in total. The van der Waals surface area contributed by atoms with Gasteiger partial charge in [-0.25, -0.2) is 0 Å². The number of aryl methyl sites for hydroxylation is 2. The zero-order chi connectivity index (χ0) is 17.7. The maximum Gasteiger partial charge on any atom is 0.269 e. The molecule has 2 rings (SSSR count). The molecule has 0 bridgehead atoms. The van der Waals surface area contributed by atoms with E-state index in [1.807, 2.05) is 26.0 Å². The van der Waals surface area contributed by atoms with Crippen molar-refractivity contribution >= 4 is 17.7 Å². The first kappa shape index (κ1) is 17.4. The lowest BCUT2D eigenvalue weighted by molar-refractivity contribution is -0.384. The first-order valence-corrected chi connectivity index (χ1v) is 7.67. The van der Waals surface area contributed by atoms with Crippen LogP contribution in [0.4, 0.5) is 5.69 Å². The molecule has 0 radical (unpaired) electrons. The van der Waals surface area contributed by atoms with E-state index in [4.69, 9.17) is 0 Å². The van der Waals surface area contributed by atoms with Gasteiger partial charge in [0.2, 0.25) is 5.91 Å². The van der Waals surface area contributed by atoms with Crippen LogP contribution in [0.1, 0.15) is 35.2 Å². The van der Waals surface area contributed by atoms with Crippen LogP contribution in [0, 0.1) is 24.0 Å². The molecule has 0 aliphatic carbocycles. The molecule has 0 aliphatic rings. The van der Waals surface area contributed by atoms with Crippen LogP contribution in [0.5, 0.6) is 0 Å². The summed E-state index contributed by atoms with van der Waals surface area (Å²) in [5.41, 5.74) is 4.22. The summed E-state index contributed by atoms with van der Waals surface area (Å²) in [5.74, 6) is -0.209. The summed E-state index contributed by atoms with van der Waals surface area (Å²) >= 11 is 0. The highest BCUT2D eigenvalue weighted by molar-refractivity contribution is 5.92. The molecule has 24 heavy (non-hydrogen) atoms. The van der Waals surface area contributed by atoms with Gasteiger partial charge >= 0.3 is 0 Å². The van der Waals surface area contributed by atoms with E-state index in [-0.39, 0.29) is 17.6 Å². The predicted molar refractivity (Wildman–Crippen MR) is 94.6 cm³/mol. The van der Waals surface area contributed by atoms with Gasteiger partial charge in [0.15, 0.2) is 0 Å². The zero-order valence-electron chi connectivity index (χ0n) is 13.9. The number of nitrogens with one attached hydrogen (secondary N) is 1. The second kappa shape index (κ2) is 7.55. The first-order chi connectivity index (χ1) is 11.4. The van der Waals surface area contributed by atoms with Gasteiger partial charge < -0.3 is 5.32 Å². The lowest BCUT2D eigenvalue weighted by Gasteiger charge is -2.14.